The maximum atomic E-state index is 12.3. The molecule has 1 atom stereocenters. The average Bonchev–Trinajstić information content (AvgIpc) is 3.33. The molecule has 1 amide bonds. The van der Waals surface area contributed by atoms with Crippen LogP contribution < -0.4 is 5.32 Å². The lowest BCUT2D eigenvalue weighted by atomic mass is 9.88. The molecule has 7 heteroatoms. The second-order valence-electron chi connectivity index (χ2n) is 6.14. The number of aromatic amines is 1. The van der Waals surface area contributed by atoms with Crippen LogP contribution in [0.15, 0.2) is 41.9 Å². The van der Waals surface area contributed by atoms with Gasteiger partial charge in [-0.1, -0.05) is 12.1 Å². The number of rotatable bonds is 2. The summed E-state index contributed by atoms with van der Waals surface area (Å²) in [7, 11) is 0. The Morgan fingerprint density at radius 1 is 1.28 bits per heavy atom. The number of nitrogens with one attached hydrogen (secondary N) is 2. The zero-order valence-electron chi connectivity index (χ0n) is 13.5. The number of H-pyrrole nitrogens is 1. The molecule has 1 aliphatic rings. The smallest absolute Gasteiger partial charge is 0.226 e. The van der Waals surface area contributed by atoms with Crippen molar-refractivity contribution in [2.24, 2.45) is 0 Å². The second kappa shape index (κ2) is 5.29. The number of aromatic nitrogens is 4. The van der Waals surface area contributed by atoms with Gasteiger partial charge in [0.15, 0.2) is 5.82 Å². The quantitative estimate of drug-likeness (QED) is 0.581. The molecule has 0 spiro atoms. The fraction of sp³-hybridized carbons (Fsp3) is 0.167. The van der Waals surface area contributed by atoms with Crippen molar-refractivity contribution >= 4 is 28.6 Å². The number of carbonyl (C=O) groups is 1. The number of amides is 1. The Kier molecular flexibility index (Phi) is 3.05. The van der Waals surface area contributed by atoms with E-state index in [2.05, 4.69) is 26.0 Å². The first-order valence-corrected chi connectivity index (χ1v) is 8.96. The molecule has 6 nitrogen and oxygen atoms in total. The Morgan fingerprint density at radius 3 is 3.04 bits per heavy atom. The predicted octanol–water partition coefficient (Wildman–Crippen LogP) is 3.57. The van der Waals surface area contributed by atoms with E-state index in [0.29, 0.717) is 12.2 Å². The third-order valence-electron chi connectivity index (χ3n) is 4.65. The van der Waals surface area contributed by atoms with E-state index in [9.17, 15) is 4.79 Å². The van der Waals surface area contributed by atoms with Gasteiger partial charge in [-0.15, -0.1) is 11.3 Å². The molecule has 0 aliphatic carbocycles. The molecule has 0 saturated carbocycles. The number of thiophene rings is 1. The van der Waals surface area contributed by atoms with Crippen LogP contribution in [0.1, 0.15) is 29.4 Å². The molecule has 0 aromatic carbocycles. The number of fused-ring (bicyclic) bond motifs is 2. The lowest BCUT2D eigenvalue weighted by Crippen LogP contribution is -2.23. The van der Waals surface area contributed by atoms with E-state index in [1.807, 2.05) is 42.8 Å². The van der Waals surface area contributed by atoms with Crippen LogP contribution in [0.2, 0.25) is 0 Å². The Labute approximate surface area is 147 Å². The maximum Gasteiger partial charge on any atom is 0.226 e. The molecule has 1 aliphatic heterocycles. The summed E-state index contributed by atoms with van der Waals surface area (Å²) in [5.74, 6) is 1.38. The summed E-state index contributed by atoms with van der Waals surface area (Å²) in [5.41, 5.74) is 3.94. The number of aryl methyl sites for hydroxylation is 1. The largest absolute Gasteiger partial charge is 0.309 e. The summed E-state index contributed by atoms with van der Waals surface area (Å²) < 4.78 is 2.06. The first-order chi connectivity index (χ1) is 12.2. The van der Waals surface area contributed by atoms with Crippen LogP contribution in [0, 0.1) is 6.92 Å². The molecular formula is C18H15N5OS. The summed E-state index contributed by atoms with van der Waals surface area (Å²) in [4.78, 5) is 18.2. The van der Waals surface area contributed by atoms with Gasteiger partial charge in [0, 0.05) is 24.1 Å². The molecule has 0 saturated heterocycles. The molecule has 0 bridgehead atoms. The van der Waals surface area contributed by atoms with Crippen LogP contribution in [-0.4, -0.2) is 25.5 Å². The van der Waals surface area contributed by atoms with Crippen molar-refractivity contribution in [3.05, 3.63) is 59.0 Å². The first kappa shape index (κ1) is 14.4. The molecule has 124 valence electrons. The van der Waals surface area contributed by atoms with Gasteiger partial charge in [-0.25, -0.2) is 4.98 Å². The van der Waals surface area contributed by atoms with Gasteiger partial charge in [0.1, 0.15) is 5.82 Å². The molecule has 4 aromatic rings. The molecule has 4 aromatic heterocycles. The van der Waals surface area contributed by atoms with Crippen molar-refractivity contribution in [1.82, 2.24) is 19.6 Å². The van der Waals surface area contributed by atoms with Gasteiger partial charge in [0.05, 0.1) is 21.8 Å². The third-order valence-corrected chi connectivity index (χ3v) is 5.54. The summed E-state index contributed by atoms with van der Waals surface area (Å²) in [5, 5.41) is 12.4. The molecule has 25 heavy (non-hydrogen) atoms. The van der Waals surface area contributed by atoms with Crippen LogP contribution in [0.5, 0.6) is 0 Å². The summed E-state index contributed by atoms with van der Waals surface area (Å²) >= 11 is 1.65. The topological polar surface area (TPSA) is 75.1 Å². The number of anilines is 1. The summed E-state index contributed by atoms with van der Waals surface area (Å²) in [6.07, 6.45) is 2.37. The highest BCUT2D eigenvalue weighted by Gasteiger charge is 2.34. The standard InChI is InChI=1S/C18H15N5OS/c1-10-19-16(12-5-2-3-7-23(10)12)11-9-14(24)20-18-15(11)17(21-22-18)13-6-4-8-25-13/h2-8,11H,9H2,1H3,(H2,20,21,22,24). The Bertz CT molecular complexity index is 1090. The van der Waals surface area contributed by atoms with E-state index in [4.69, 9.17) is 4.98 Å². The van der Waals surface area contributed by atoms with E-state index < -0.39 is 0 Å². The Balaban J connectivity index is 1.76. The zero-order chi connectivity index (χ0) is 17.0. The van der Waals surface area contributed by atoms with E-state index in [0.717, 1.165) is 33.2 Å². The minimum atomic E-state index is -0.120. The van der Waals surface area contributed by atoms with Crippen LogP contribution in [-0.2, 0) is 4.79 Å². The molecular weight excluding hydrogens is 334 g/mol. The van der Waals surface area contributed by atoms with Gasteiger partial charge in [-0.05, 0) is 30.5 Å². The minimum absolute atomic E-state index is 0.0311. The molecule has 5 rings (SSSR count). The van der Waals surface area contributed by atoms with Gasteiger partial charge in [-0.2, -0.15) is 5.10 Å². The second-order valence-corrected chi connectivity index (χ2v) is 7.09. The van der Waals surface area contributed by atoms with E-state index >= 15 is 0 Å². The fourth-order valence-electron chi connectivity index (χ4n) is 3.57. The third kappa shape index (κ3) is 2.12. The van der Waals surface area contributed by atoms with E-state index in [-0.39, 0.29) is 11.8 Å². The average molecular weight is 349 g/mol. The molecule has 0 fully saturated rings. The minimum Gasteiger partial charge on any atom is -0.309 e. The Hall–Kier alpha value is -2.93. The normalized spacial score (nSPS) is 16.8. The zero-order valence-corrected chi connectivity index (χ0v) is 14.3. The highest BCUT2D eigenvalue weighted by Crippen LogP contribution is 2.43. The van der Waals surface area contributed by atoms with Gasteiger partial charge in [-0.3, -0.25) is 9.89 Å². The van der Waals surface area contributed by atoms with Crippen molar-refractivity contribution in [2.75, 3.05) is 5.32 Å². The van der Waals surface area contributed by atoms with Crippen LogP contribution in [0.25, 0.3) is 16.1 Å². The number of nitrogens with zero attached hydrogens (tertiary/aromatic N) is 3. The molecule has 1 unspecified atom stereocenters. The van der Waals surface area contributed by atoms with Gasteiger partial charge >= 0.3 is 0 Å². The van der Waals surface area contributed by atoms with Crippen LogP contribution in [0.4, 0.5) is 5.82 Å². The van der Waals surface area contributed by atoms with Crippen molar-refractivity contribution in [3.63, 3.8) is 0 Å². The first-order valence-electron chi connectivity index (χ1n) is 8.08. The van der Waals surface area contributed by atoms with Gasteiger partial charge in [0.2, 0.25) is 5.91 Å². The number of hydrogen-bond acceptors (Lipinski definition) is 4. The fourth-order valence-corrected chi connectivity index (χ4v) is 4.31. The summed E-state index contributed by atoms with van der Waals surface area (Å²) in [6, 6.07) is 10.1. The number of carbonyl (C=O) groups excluding carboxylic acids is 1. The van der Waals surface area contributed by atoms with Crippen LogP contribution in [0.3, 0.4) is 0 Å². The van der Waals surface area contributed by atoms with Crippen molar-refractivity contribution in [1.29, 1.82) is 0 Å². The lowest BCUT2D eigenvalue weighted by molar-refractivity contribution is -0.116. The number of imidazole rings is 1. The Morgan fingerprint density at radius 2 is 2.20 bits per heavy atom. The van der Waals surface area contributed by atoms with Crippen molar-refractivity contribution < 1.29 is 4.79 Å². The highest BCUT2D eigenvalue weighted by molar-refractivity contribution is 7.13. The van der Waals surface area contributed by atoms with Gasteiger partial charge in [0.25, 0.3) is 0 Å². The lowest BCUT2D eigenvalue weighted by Gasteiger charge is -2.21. The van der Waals surface area contributed by atoms with Crippen molar-refractivity contribution in [2.45, 2.75) is 19.3 Å². The van der Waals surface area contributed by atoms with Crippen molar-refractivity contribution in [3.8, 4) is 10.6 Å². The molecule has 0 radical (unpaired) electrons. The summed E-state index contributed by atoms with van der Waals surface area (Å²) in [6.45, 7) is 1.98. The SMILES string of the molecule is Cc1nc(C2CC(=O)Nc3n[nH]c(-c4cccs4)c32)c2ccccn12. The number of pyridine rings is 1. The van der Waals surface area contributed by atoms with Gasteiger partial charge < -0.3 is 9.72 Å². The van der Waals surface area contributed by atoms with E-state index in [1.54, 1.807) is 11.3 Å². The highest BCUT2D eigenvalue weighted by atomic mass is 32.1. The predicted molar refractivity (Wildman–Crippen MR) is 96.9 cm³/mol. The monoisotopic (exact) mass is 349 g/mol. The number of hydrogen-bond donors (Lipinski definition) is 2. The molecule has 2 N–H and O–H groups in total. The maximum absolute atomic E-state index is 12.3. The van der Waals surface area contributed by atoms with Crippen LogP contribution >= 0.6 is 11.3 Å². The van der Waals surface area contributed by atoms with E-state index in [1.165, 1.54) is 0 Å². The molecule has 5 heterocycles.